The molecule has 1 atom stereocenters. The van der Waals surface area contributed by atoms with Crippen LogP contribution in [0.1, 0.15) is 34.9 Å². The summed E-state index contributed by atoms with van der Waals surface area (Å²) in [5.41, 5.74) is 3.90. The van der Waals surface area contributed by atoms with Crippen molar-refractivity contribution in [3.63, 3.8) is 0 Å². The molecule has 2 heteroatoms. The van der Waals surface area contributed by atoms with Crippen LogP contribution in [0.25, 0.3) is 0 Å². The molecule has 0 fully saturated rings. The van der Waals surface area contributed by atoms with Crippen molar-refractivity contribution in [3.05, 3.63) is 34.9 Å². The van der Waals surface area contributed by atoms with Gasteiger partial charge in [-0.25, -0.2) is 0 Å². The van der Waals surface area contributed by atoms with Crippen LogP contribution in [0, 0.1) is 0 Å². The van der Waals surface area contributed by atoms with Crippen molar-refractivity contribution in [3.8, 4) is 0 Å². The van der Waals surface area contributed by atoms with Crippen LogP contribution in [0.4, 0.5) is 0 Å². The molecule has 0 bridgehead atoms. The van der Waals surface area contributed by atoms with Crippen molar-refractivity contribution in [1.82, 2.24) is 0 Å². The molecule has 0 nitrogen and oxygen atoms in total. The van der Waals surface area contributed by atoms with Gasteiger partial charge in [-0.1, -0.05) is 18.2 Å². The Hall–Kier alpha value is -0.200. The van der Waals surface area contributed by atoms with E-state index in [0.717, 1.165) is 12.8 Å². The van der Waals surface area contributed by atoms with Crippen molar-refractivity contribution in [2.45, 2.75) is 30.5 Å². The average molecular weight is 215 g/mol. The number of rotatable bonds is 1. The lowest BCUT2D eigenvalue weighted by atomic mass is 9.88. The number of hydrogen-bond donors (Lipinski definition) is 0. The summed E-state index contributed by atoms with van der Waals surface area (Å²) in [7, 11) is 0. The smallest absolute Gasteiger partial charge is 0.0591 e. The van der Waals surface area contributed by atoms with Gasteiger partial charge < -0.3 is 0 Å². The maximum absolute atomic E-state index is 6.27. The predicted molar refractivity (Wildman–Crippen MR) is 57.5 cm³/mol. The summed E-state index contributed by atoms with van der Waals surface area (Å²) in [6, 6.07) is 6.32. The largest absolute Gasteiger partial charge is 0.122 e. The molecule has 1 unspecified atom stereocenters. The molecule has 0 aliphatic heterocycles. The summed E-state index contributed by atoms with van der Waals surface area (Å²) in [5.74, 6) is 0.576. The third-order valence-corrected chi connectivity index (χ3v) is 3.37. The van der Waals surface area contributed by atoms with Crippen LogP contribution < -0.4 is 0 Å². The topological polar surface area (TPSA) is 0 Å². The monoisotopic (exact) mass is 214 g/mol. The van der Waals surface area contributed by atoms with Crippen LogP contribution >= 0.6 is 23.2 Å². The van der Waals surface area contributed by atoms with Gasteiger partial charge in [-0.05, 0) is 36.0 Å². The first-order chi connectivity index (χ1) is 6.33. The third kappa shape index (κ3) is 1.70. The summed E-state index contributed by atoms with van der Waals surface area (Å²) in [6.07, 6.45) is 3.44. The molecule has 0 N–H and O–H groups in total. The normalized spacial score (nSPS) is 21.2. The lowest BCUT2D eigenvalue weighted by Gasteiger charge is -2.22. The van der Waals surface area contributed by atoms with Crippen LogP contribution in [0.15, 0.2) is 18.2 Å². The number of halogens is 2. The summed E-state index contributed by atoms with van der Waals surface area (Å²) in [5, 5.41) is 0.179. The van der Waals surface area contributed by atoms with Crippen LogP contribution in [0.2, 0.25) is 0 Å². The molecule has 0 radical (unpaired) electrons. The molecule has 1 aromatic carbocycles. The highest BCUT2D eigenvalue weighted by molar-refractivity contribution is 6.21. The molecule has 13 heavy (non-hydrogen) atoms. The van der Waals surface area contributed by atoms with E-state index in [4.69, 9.17) is 23.2 Å². The maximum atomic E-state index is 6.27. The van der Waals surface area contributed by atoms with E-state index in [0.29, 0.717) is 5.88 Å². The van der Waals surface area contributed by atoms with E-state index in [1.165, 1.54) is 23.1 Å². The van der Waals surface area contributed by atoms with Crippen molar-refractivity contribution in [1.29, 1.82) is 0 Å². The second kappa shape index (κ2) is 3.89. The van der Waals surface area contributed by atoms with E-state index >= 15 is 0 Å². The minimum Gasteiger partial charge on any atom is -0.122 e. The third-order valence-electron chi connectivity index (χ3n) is 2.65. The van der Waals surface area contributed by atoms with E-state index in [1.807, 2.05) is 0 Å². The van der Waals surface area contributed by atoms with Gasteiger partial charge >= 0.3 is 0 Å². The fourth-order valence-corrected chi connectivity index (χ4v) is 2.69. The van der Waals surface area contributed by atoms with Gasteiger partial charge in [0.1, 0.15) is 0 Å². The molecule has 1 aromatic rings. The zero-order valence-electron chi connectivity index (χ0n) is 7.39. The fourth-order valence-electron chi connectivity index (χ4n) is 2.02. The number of alkyl halides is 2. The average Bonchev–Trinajstić information content (AvgIpc) is 2.17. The Balaban J connectivity index is 2.50. The Labute approximate surface area is 88.9 Å². The van der Waals surface area contributed by atoms with Crippen molar-refractivity contribution < 1.29 is 0 Å². The molecule has 0 spiro atoms. The van der Waals surface area contributed by atoms with E-state index in [-0.39, 0.29) is 5.38 Å². The molecule has 2 rings (SSSR count). The highest BCUT2D eigenvalue weighted by atomic mass is 35.5. The second-order valence-electron chi connectivity index (χ2n) is 3.48. The minimum absolute atomic E-state index is 0.179. The molecular weight excluding hydrogens is 203 g/mol. The Bertz CT molecular complexity index is 293. The highest BCUT2D eigenvalue weighted by Gasteiger charge is 2.20. The van der Waals surface area contributed by atoms with Gasteiger partial charge in [0.25, 0.3) is 0 Å². The molecule has 70 valence electrons. The van der Waals surface area contributed by atoms with Gasteiger partial charge in [0.05, 0.1) is 5.38 Å². The minimum atomic E-state index is 0.179. The molecule has 1 aliphatic rings. The Morgan fingerprint density at radius 3 is 3.00 bits per heavy atom. The van der Waals surface area contributed by atoms with E-state index in [1.54, 1.807) is 0 Å². The quantitative estimate of drug-likeness (QED) is 0.620. The first kappa shape index (κ1) is 9.36. The lowest BCUT2D eigenvalue weighted by molar-refractivity contribution is 0.663. The molecule has 0 aromatic heterocycles. The maximum Gasteiger partial charge on any atom is 0.0591 e. The fraction of sp³-hybridized carbons (Fsp3) is 0.455. The Morgan fingerprint density at radius 2 is 2.23 bits per heavy atom. The standard InChI is InChI=1S/C11H12Cl2/c12-7-9-5-1-3-8-4-2-6-10(13)11(8)9/h1,3,5,10H,2,4,6-7H2. The summed E-state index contributed by atoms with van der Waals surface area (Å²) in [4.78, 5) is 0. The van der Waals surface area contributed by atoms with Gasteiger partial charge in [-0.15, -0.1) is 23.2 Å². The van der Waals surface area contributed by atoms with Crippen molar-refractivity contribution >= 4 is 23.2 Å². The summed E-state index contributed by atoms with van der Waals surface area (Å²) in [6.45, 7) is 0. The SMILES string of the molecule is ClCc1cccc2c1C(Cl)CCC2. The number of hydrogen-bond acceptors (Lipinski definition) is 0. The zero-order chi connectivity index (χ0) is 9.26. The van der Waals surface area contributed by atoms with Gasteiger partial charge in [-0.2, -0.15) is 0 Å². The first-order valence-corrected chi connectivity index (χ1v) is 5.60. The van der Waals surface area contributed by atoms with Crippen molar-refractivity contribution in [2.24, 2.45) is 0 Å². The molecule has 0 heterocycles. The van der Waals surface area contributed by atoms with Crippen LogP contribution in [0.3, 0.4) is 0 Å². The molecule has 0 saturated heterocycles. The summed E-state index contributed by atoms with van der Waals surface area (Å²) < 4.78 is 0. The second-order valence-corrected chi connectivity index (χ2v) is 4.28. The van der Waals surface area contributed by atoms with E-state index < -0.39 is 0 Å². The van der Waals surface area contributed by atoms with E-state index in [9.17, 15) is 0 Å². The lowest BCUT2D eigenvalue weighted by Crippen LogP contribution is -2.07. The zero-order valence-corrected chi connectivity index (χ0v) is 8.91. The molecule has 0 amide bonds. The summed E-state index contributed by atoms with van der Waals surface area (Å²) >= 11 is 12.1. The van der Waals surface area contributed by atoms with Crippen LogP contribution in [0.5, 0.6) is 0 Å². The van der Waals surface area contributed by atoms with Gasteiger partial charge in [-0.3, -0.25) is 0 Å². The number of fused-ring (bicyclic) bond motifs is 1. The van der Waals surface area contributed by atoms with Gasteiger partial charge in [0, 0.05) is 5.88 Å². The number of benzene rings is 1. The molecular formula is C11H12Cl2. The van der Waals surface area contributed by atoms with Crippen molar-refractivity contribution in [2.75, 3.05) is 0 Å². The Morgan fingerprint density at radius 1 is 1.38 bits per heavy atom. The van der Waals surface area contributed by atoms with Crippen LogP contribution in [-0.4, -0.2) is 0 Å². The van der Waals surface area contributed by atoms with E-state index in [2.05, 4.69) is 18.2 Å². The van der Waals surface area contributed by atoms with Gasteiger partial charge in [0.15, 0.2) is 0 Å². The number of aryl methyl sites for hydroxylation is 1. The highest BCUT2D eigenvalue weighted by Crippen LogP contribution is 2.37. The molecule has 1 aliphatic carbocycles. The molecule has 0 saturated carbocycles. The predicted octanol–water partition coefficient (Wildman–Crippen LogP) is 4.04. The Kier molecular flexibility index (Phi) is 2.80. The van der Waals surface area contributed by atoms with Gasteiger partial charge in [0.2, 0.25) is 0 Å². The first-order valence-electron chi connectivity index (χ1n) is 4.63. The van der Waals surface area contributed by atoms with Crippen LogP contribution in [-0.2, 0) is 12.3 Å².